The van der Waals surface area contributed by atoms with Gasteiger partial charge in [-0.2, -0.15) is 0 Å². The number of hydrogen-bond acceptors (Lipinski definition) is 1. The van der Waals surface area contributed by atoms with E-state index >= 15 is 0 Å². The highest BCUT2D eigenvalue weighted by Gasteiger charge is 2.21. The minimum atomic E-state index is -0.842. The summed E-state index contributed by atoms with van der Waals surface area (Å²) in [5.41, 5.74) is 5.42. The lowest BCUT2D eigenvalue weighted by Crippen LogP contribution is -2.05. The van der Waals surface area contributed by atoms with Crippen LogP contribution >= 0.6 is 0 Å². The third-order valence-corrected chi connectivity index (χ3v) is 8.73. The molecule has 0 saturated carbocycles. The fourth-order valence-electron chi connectivity index (χ4n) is 6.35. The molecule has 5 aromatic carbocycles. The van der Waals surface area contributed by atoms with Gasteiger partial charge in [-0.15, -0.1) is 0 Å². The highest BCUT2D eigenvalue weighted by atomic mass is 16.4. The fraction of sp³-hybridized carbons (Fsp3) is 0.361. The Kier molecular flexibility index (Phi) is 7.70. The van der Waals surface area contributed by atoms with E-state index in [-0.39, 0.29) is 0 Å². The molecule has 0 spiro atoms. The van der Waals surface area contributed by atoms with Gasteiger partial charge in [0.1, 0.15) is 0 Å². The van der Waals surface area contributed by atoms with Gasteiger partial charge in [-0.05, 0) is 124 Å². The number of unbranched alkanes of at least 4 members (excludes halogenated alkanes) is 7. The van der Waals surface area contributed by atoms with Gasteiger partial charge >= 0.3 is 5.97 Å². The molecule has 0 saturated heterocycles. The number of carbonyl (C=O) groups is 1. The maximum atomic E-state index is 12.8. The van der Waals surface area contributed by atoms with Crippen molar-refractivity contribution in [1.82, 2.24) is 0 Å². The van der Waals surface area contributed by atoms with E-state index in [0.29, 0.717) is 5.56 Å². The molecule has 5 rings (SSSR count). The van der Waals surface area contributed by atoms with Crippen LogP contribution in [0, 0.1) is 20.8 Å². The molecule has 0 fully saturated rings. The van der Waals surface area contributed by atoms with Crippen LogP contribution in [0.4, 0.5) is 0 Å². The summed E-state index contributed by atoms with van der Waals surface area (Å²) >= 11 is 0. The van der Waals surface area contributed by atoms with Gasteiger partial charge in [-0.3, -0.25) is 0 Å². The number of carboxylic acids is 1. The standard InChI is InChI=1S/C36H40O2/c1-5-6-7-8-9-10-11-12-17-31-24(3)23(2)25(4)34-33(31)22-30-20-28-18-26-15-13-14-16-27(26)19-29(28)21-32(30)35(34)36(37)38/h13-16,18-22H,5-12,17H2,1-4H3,(H,37,38). The van der Waals surface area contributed by atoms with Crippen LogP contribution in [-0.2, 0) is 6.42 Å². The molecule has 0 aliphatic rings. The zero-order chi connectivity index (χ0) is 26.8. The van der Waals surface area contributed by atoms with Crippen molar-refractivity contribution in [2.75, 3.05) is 0 Å². The van der Waals surface area contributed by atoms with Crippen molar-refractivity contribution >= 4 is 49.1 Å². The number of aryl methyl sites for hydroxylation is 2. The predicted octanol–water partition coefficient (Wildman–Crippen LogP) is 10.6. The first-order valence-corrected chi connectivity index (χ1v) is 14.5. The van der Waals surface area contributed by atoms with E-state index in [1.807, 2.05) is 6.07 Å². The molecule has 0 bridgehead atoms. The Morgan fingerprint density at radius 1 is 0.632 bits per heavy atom. The van der Waals surface area contributed by atoms with Crippen LogP contribution in [0.2, 0.25) is 0 Å². The second-order valence-corrected chi connectivity index (χ2v) is 11.2. The van der Waals surface area contributed by atoms with E-state index in [4.69, 9.17) is 0 Å². The van der Waals surface area contributed by atoms with Crippen LogP contribution in [0.5, 0.6) is 0 Å². The Morgan fingerprint density at radius 2 is 1.18 bits per heavy atom. The van der Waals surface area contributed by atoms with Crippen molar-refractivity contribution < 1.29 is 9.90 Å². The largest absolute Gasteiger partial charge is 0.478 e. The fourth-order valence-corrected chi connectivity index (χ4v) is 6.35. The monoisotopic (exact) mass is 504 g/mol. The molecule has 2 heteroatoms. The Hall–Kier alpha value is -3.39. The molecule has 0 radical (unpaired) electrons. The average molecular weight is 505 g/mol. The Labute approximate surface area is 226 Å². The SMILES string of the molecule is CCCCCCCCCCc1c(C)c(C)c(C)c2c(C(=O)O)c3cc4cc5ccccc5cc4cc3cc12. The predicted molar refractivity (Wildman–Crippen MR) is 164 cm³/mol. The normalized spacial score (nSPS) is 11.8. The quantitative estimate of drug-likeness (QED) is 0.152. The summed E-state index contributed by atoms with van der Waals surface area (Å²) in [7, 11) is 0. The van der Waals surface area contributed by atoms with E-state index < -0.39 is 5.97 Å². The second-order valence-electron chi connectivity index (χ2n) is 11.2. The number of rotatable bonds is 10. The minimum Gasteiger partial charge on any atom is -0.478 e. The van der Waals surface area contributed by atoms with Crippen molar-refractivity contribution in [3.8, 4) is 0 Å². The number of aromatic carboxylic acids is 1. The summed E-state index contributed by atoms with van der Waals surface area (Å²) < 4.78 is 0. The van der Waals surface area contributed by atoms with Crippen molar-refractivity contribution in [3.05, 3.63) is 82.4 Å². The zero-order valence-electron chi connectivity index (χ0n) is 23.4. The Balaban J connectivity index is 1.62. The third kappa shape index (κ3) is 4.89. The molecular weight excluding hydrogens is 464 g/mol. The van der Waals surface area contributed by atoms with Crippen LogP contribution in [0.3, 0.4) is 0 Å². The Bertz CT molecular complexity index is 1660. The van der Waals surface area contributed by atoms with Crippen LogP contribution in [0.15, 0.2) is 54.6 Å². The van der Waals surface area contributed by atoms with Crippen LogP contribution in [0.1, 0.15) is 90.9 Å². The number of hydrogen-bond donors (Lipinski definition) is 1. The van der Waals surface area contributed by atoms with Gasteiger partial charge in [0.25, 0.3) is 0 Å². The van der Waals surface area contributed by atoms with Gasteiger partial charge in [0.05, 0.1) is 5.56 Å². The smallest absolute Gasteiger partial charge is 0.336 e. The lowest BCUT2D eigenvalue weighted by Gasteiger charge is -2.20. The lowest BCUT2D eigenvalue weighted by atomic mass is 9.84. The summed E-state index contributed by atoms with van der Waals surface area (Å²) in [5, 5.41) is 19.0. The summed E-state index contributed by atoms with van der Waals surface area (Å²) in [6.07, 6.45) is 11.3. The van der Waals surface area contributed by atoms with Crippen molar-refractivity contribution in [2.24, 2.45) is 0 Å². The van der Waals surface area contributed by atoms with Gasteiger partial charge in [-0.1, -0.05) is 76.1 Å². The van der Waals surface area contributed by atoms with Crippen LogP contribution in [-0.4, -0.2) is 11.1 Å². The first kappa shape index (κ1) is 26.2. The second kappa shape index (κ2) is 11.2. The maximum absolute atomic E-state index is 12.8. The van der Waals surface area contributed by atoms with Gasteiger partial charge in [0, 0.05) is 5.39 Å². The third-order valence-electron chi connectivity index (χ3n) is 8.73. The molecule has 0 aromatic heterocycles. The molecule has 0 atom stereocenters. The Morgan fingerprint density at radius 3 is 1.82 bits per heavy atom. The first-order valence-electron chi connectivity index (χ1n) is 14.5. The maximum Gasteiger partial charge on any atom is 0.336 e. The molecule has 196 valence electrons. The molecule has 0 unspecified atom stereocenters. The topological polar surface area (TPSA) is 37.3 Å². The highest BCUT2D eigenvalue weighted by molar-refractivity contribution is 6.20. The molecular formula is C36H40O2. The summed E-state index contributed by atoms with van der Waals surface area (Å²) in [6.45, 7) is 8.74. The number of carboxylic acid groups (broad SMARTS) is 1. The molecule has 1 N–H and O–H groups in total. The number of benzene rings is 5. The average Bonchev–Trinajstić information content (AvgIpc) is 2.91. The first-order chi connectivity index (χ1) is 18.4. The van der Waals surface area contributed by atoms with Gasteiger partial charge in [0.2, 0.25) is 0 Å². The number of fused-ring (bicyclic) bond motifs is 4. The molecule has 0 aliphatic heterocycles. The molecule has 2 nitrogen and oxygen atoms in total. The van der Waals surface area contributed by atoms with E-state index in [2.05, 4.69) is 76.2 Å². The van der Waals surface area contributed by atoms with Crippen molar-refractivity contribution in [3.63, 3.8) is 0 Å². The van der Waals surface area contributed by atoms with Crippen molar-refractivity contribution in [1.29, 1.82) is 0 Å². The van der Waals surface area contributed by atoms with Crippen LogP contribution < -0.4 is 0 Å². The van der Waals surface area contributed by atoms with Gasteiger partial charge in [0.15, 0.2) is 0 Å². The molecule has 0 heterocycles. The van der Waals surface area contributed by atoms with E-state index in [9.17, 15) is 9.90 Å². The van der Waals surface area contributed by atoms with E-state index in [0.717, 1.165) is 50.7 Å². The summed E-state index contributed by atoms with van der Waals surface area (Å²) in [4.78, 5) is 12.8. The molecule has 0 amide bonds. The summed E-state index contributed by atoms with van der Waals surface area (Å²) in [6, 6.07) is 19.3. The van der Waals surface area contributed by atoms with Crippen molar-refractivity contribution in [2.45, 2.75) is 85.5 Å². The molecule has 38 heavy (non-hydrogen) atoms. The zero-order valence-corrected chi connectivity index (χ0v) is 23.4. The highest BCUT2D eigenvalue weighted by Crippen LogP contribution is 2.39. The lowest BCUT2D eigenvalue weighted by molar-refractivity contribution is 0.0701. The van der Waals surface area contributed by atoms with E-state index in [1.54, 1.807) is 0 Å². The minimum absolute atomic E-state index is 0.449. The van der Waals surface area contributed by atoms with Gasteiger partial charge in [-0.25, -0.2) is 4.79 Å². The van der Waals surface area contributed by atoms with E-state index in [1.165, 1.54) is 72.4 Å². The molecule has 0 aliphatic carbocycles. The van der Waals surface area contributed by atoms with Gasteiger partial charge < -0.3 is 5.11 Å². The van der Waals surface area contributed by atoms with Crippen LogP contribution in [0.25, 0.3) is 43.1 Å². The summed E-state index contributed by atoms with van der Waals surface area (Å²) in [5.74, 6) is -0.842. The molecule has 5 aromatic rings.